The zero-order valence-electron chi connectivity index (χ0n) is 27.8. The molecule has 0 saturated carbocycles. The van der Waals surface area contributed by atoms with Crippen LogP contribution in [0.25, 0.3) is 41.8 Å². The third-order valence-corrected chi connectivity index (χ3v) is 12.3. The predicted octanol–water partition coefficient (Wildman–Crippen LogP) is 10.9. The molecule has 0 unspecified atom stereocenters. The van der Waals surface area contributed by atoms with Gasteiger partial charge in [0.05, 0.1) is 32.9 Å². The topological polar surface area (TPSA) is 118 Å². The summed E-state index contributed by atoms with van der Waals surface area (Å²) in [6, 6.07) is 22.9. The van der Waals surface area contributed by atoms with E-state index in [1.165, 1.54) is 48.2 Å². The van der Waals surface area contributed by atoms with Crippen LogP contribution < -0.4 is 0 Å². The Balaban J connectivity index is 0.000000221. The third kappa shape index (κ3) is 11.2. The van der Waals surface area contributed by atoms with Crippen LogP contribution in [0.1, 0.15) is 31.8 Å². The first-order chi connectivity index (χ1) is 25.7. The third-order valence-electron chi connectivity index (χ3n) is 7.16. The van der Waals surface area contributed by atoms with Gasteiger partial charge in [0.15, 0.2) is 0 Å². The van der Waals surface area contributed by atoms with Gasteiger partial charge in [-0.25, -0.2) is 9.59 Å². The molecular weight excluding hydrogens is 905 g/mol. The molecule has 0 atom stereocenters. The van der Waals surface area contributed by atoms with Gasteiger partial charge in [0.25, 0.3) is 12.9 Å². The number of ether oxygens (including phenoxy) is 4. The number of halogens is 2. The van der Waals surface area contributed by atoms with Gasteiger partial charge in [-0.05, 0) is 126 Å². The Hall–Kier alpha value is -3.71. The number of rotatable bonds is 12. The van der Waals surface area contributed by atoms with Crippen LogP contribution in [-0.4, -0.2) is 46.7 Å². The second-order valence-corrected chi connectivity index (χ2v) is 17.2. The van der Waals surface area contributed by atoms with Crippen molar-refractivity contribution < 1.29 is 38.1 Å². The number of carbonyl (C=O) groups excluding carboxylic acids is 4. The Morgan fingerprint density at radius 1 is 0.679 bits per heavy atom. The Morgan fingerprint density at radius 3 is 1.43 bits per heavy atom. The molecule has 4 aromatic heterocycles. The summed E-state index contributed by atoms with van der Waals surface area (Å²) in [5.41, 5.74) is 5.86. The number of methoxy groups -OCH3 is 2. The molecule has 0 N–H and O–H groups in total. The van der Waals surface area contributed by atoms with E-state index in [0.29, 0.717) is 24.1 Å². The summed E-state index contributed by atoms with van der Waals surface area (Å²) < 4.78 is 24.5. The van der Waals surface area contributed by atoms with Crippen LogP contribution in [-0.2, 0) is 41.8 Å². The van der Waals surface area contributed by atoms with Crippen LogP contribution in [0.5, 0.6) is 0 Å². The minimum atomic E-state index is -0.413. The fourth-order valence-corrected chi connectivity index (χ4v) is 9.37. The van der Waals surface area contributed by atoms with Gasteiger partial charge in [-0.3, -0.25) is 9.59 Å². The molecule has 0 fully saturated rings. The van der Waals surface area contributed by atoms with Crippen LogP contribution in [0.4, 0.5) is 0 Å². The molecular formula is C36H27BBr2NO8S5. The average molecular weight is 933 g/mol. The standard InChI is InChI=1S/C18H12Br2O4S2.C18H14O4S2.BHNS/c1-23-18(22)13-7-11(14-2-4-16(19)25-14)10(8-24-9-21)6-12(13)15-3-5-17(20)26-15;1-21-18(20)15-9-13(16-4-2-6-23-16)12(10-22-11-19)8-14(15)17-5-3-7-24-17;1-2-3/h2-7,9H,8H2,1H3;2-9,11H,10H2,1H3;3H. The summed E-state index contributed by atoms with van der Waals surface area (Å²) >= 11 is 16.3. The normalized spacial score (nSPS) is 10.1. The fraction of sp³-hybridized carbons (Fsp3) is 0.111. The molecule has 6 rings (SSSR count). The molecule has 53 heavy (non-hydrogen) atoms. The van der Waals surface area contributed by atoms with Crippen molar-refractivity contribution in [2.45, 2.75) is 13.2 Å². The van der Waals surface area contributed by atoms with Crippen molar-refractivity contribution in [2.75, 3.05) is 14.2 Å². The van der Waals surface area contributed by atoms with Crippen molar-refractivity contribution in [3.05, 3.63) is 113 Å². The van der Waals surface area contributed by atoms with Crippen molar-refractivity contribution in [3.63, 3.8) is 0 Å². The Labute approximate surface area is 344 Å². The molecule has 0 amide bonds. The maximum atomic E-state index is 12.4. The molecule has 0 bridgehead atoms. The predicted molar refractivity (Wildman–Crippen MR) is 223 cm³/mol. The first kappa shape index (κ1) is 42.0. The summed E-state index contributed by atoms with van der Waals surface area (Å²) in [5.74, 6) is -0.802. The Kier molecular flexibility index (Phi) is 16.9. The van der Waals surface area contributed by atoms with Gasteiger partial charge in [0.1, 0.15) is 13.2 Å². The van der Waals surface area contributed by atoms with Crippen LogP contribution >= 0.6 is 90.0 Å². The molecule has 0 spiro atoms. The molecule has 271 valence electrons. The molecule has 0 aliphatic heterocycles. The number of thiol groups is 1. The van der Waals surface area contributed by atoms with Crippen molar-refractivity contribution in [2.24, 2.45) is 4.30 Å². The van der Waals surface area contributed by atoms with Crippen LogP contribution in [0.3, 0.4) is 0 Å². The SMILES string of the molecule is COC(=O)c1cc(-c2ccc(Br)s2)c(COC=O)cc1-c1ccc(Br)s1.COC(=O)c1cc(-c2cccs2)c(COC=O)cc1-c1cccs1.[B]=NS. The maximum absolute atomic E-state index is 12.4. The minimum absolute atomic E-state index is 0.120. The Bertz CT molecular complexity index is 2170. The van der Waals surface area contributed by atoms with Gasteiger partial charge < -0.3 is 18.9 Å². The number of hydrogen-bond donors (Lipinski definition) is 1. The summed E-state index contributed by atoms with van der Waals surface area (Å²) in [4.78, 5) is 49.8. The summed E-state index contributed by atoms with van der Waals surface area (Å²) in [6.45, 7) is 1.12. The van der Waals surface area contributed by atoms with Crippen molar-refractivity contribution in [1.82, 2.24) is 0 Å². The molecule has 0 aliphatic carbocycles. The fourth-order valence-electron chi connectivity index (χ4n) is 4.98. The number of benzene rings is 2. The van der Waals surface area contributed by atoms with E-state index in [2.05, 4.69) is 56.6 Å². The zero-order chi connectivity index (χ0) is 38.3. The number of esters is 2. The molecule has 0 saturated heterocycles. The zero-order valence-corrected chi connectivity index (χ0v) is 35.1. The second kappa shape index (κ2) is 21.3. The van der Waals surface area contributed by atoms with E-state index in [1.807, 2.05) is 77.5 Å². The quantitative estimate of drug-likeness (QED) is 0.0424. The van der Waals surface area contributed by atoms with Gasteiger partial charge in [-0.2, -0.15) is 0 Å². The first-order valence-electron chi connectivity index (χ1n) is 14.9. The molecule has 6 aromatic rings. The number of hydrogen-bond acceptors (Lipinski definition) is 14. The summed E-state index contributed by atoms with van der Waals surface area (Å²) in [5, 5.41) is 3.91. The summed E-state index contributed by atoms with van der Waals surface area (Å²) in [6.07, 6.45) is 0. The van der Waals surface area contributed by atoms with E-state index in [0.717, 1.165) is 60.5 Å². The molecule has 4 heterocycles. The van der Waals surface area contributed by atoms with E-state index in [-0.39, 0.29) is 19.2 Å². The number of nitrogens with zero attached hydrogens (tertiary/aromatic N) is 1. The van der Waals surface area contributed by atoms with Gasteiger partial charge in [-0.1, -0.05) is 12.1 Å². The van der Waals surface area contributed by atoms with Crippen LogP contribution in [0.2, 0.25) is 0 Å². The molecule has 0 aliphatic rings. The van der Waals surface area contributed by atoms with E-state index in [9.17, 15) is 19.2 Å². The summed E-state index contributed by atoms with van der Waals surface area (Å²) in [7, 11) is 7.07. The Morgan fingerprint density at radius 2 is 1.08 bits per heavy atom. The van der Waals surface area contributed by atoms with Crippen LogP contribution in [0, 0.1) is 0 Å². The van der Waals surface area contributed by atoms with Crippen LogP contribution in [0.15, 0.2) is 95.4 Å². The number of carbonyl (C=O) groups is 4. The molecule has 17 heteroatoms. The molecule has 9 nitrogen and oxygen atoms in total. The monoisotopic (exact) mass is 930 g/mol. The van der Waals surface area contributed by atoms with E-state index in [4.69, 9.17) is 18.9 Å². The van der Waals surface area contributed by atoms with Gasteiger partial charge >= 0.3 is 36.7 Å². The second-order valence-electron chi connectivity index (χ2n) is 10.2. The molecule has 1 radical (unpaired) electrons. The van der Waals surface area contributed by atoms with Crippen molar-refractivity contribution in [3.8, 4) is 41.8 Å². The van der Waals surface area contributed by atoms with Gasteiger partial charge in [0, 0.05) is 30.6 Å². The van der Waals surface area contributed by atoms with Gasteiger partial charge in [-0.15, -0.1) is 45.3 Å². The van der Waals surface area contributed by atoms with E-state index < -0.39 is 5.97 Å². The van der Waals surface area contributed by atoms with E-state index in [1.54, 1.807) is 17.4 Å². The van der Waals surface area contributed by atoms with Gasteiger partial charge in [0.2, 0.25) is 0 Å². The first-order valence-corrected chi connectivity index (χ1v) is 20.3. The van der Waals surface area contributed by atoms with Crippen molar-refractivity contribution >= 4 is 123 Å². The van der Waals surface area contributed by atoms with Crippen molar-refractivity contribution in [1.29, 1.82) is 0 Å². The number of thiophene rings is 4. The van der Waals surface area contributed by atoms with E-state index >= 15 is 0 Å². The molecule has 2 aromatic carbocycles. The average Bonchev–Trinajstić information content (AvgIpc) is 4.02.